The summed E-state index contributed by atoms with van der Waals surface area (Å²) in [4.78, 5) is 24.5. The zero-order valence-electron chi connectivity index (χ0n) is 17.0. The van der Waals surface area contributed by atoms with Crippen molar-refractivity contribution in [2.75, 3.05) is 13.2 Å². The predicted octanol–water partition coefficient (Wildman–Crippen LogP) is 4.55. The number of nitrogens with one attached hydrogen (secondary N) is 2. The molecule has 0 aliphatic heterocycles. The lowest BCUT2D eigenvalue weighted by molar-refractivity contribution is 0.120. The minimum atomic E-state index is -0.434. The highest BCUT2D eigenvalue weighted by Gasteiger charge is 2.52. The van der Waals surface area contributed by atoms with Crippen LogP contribution in [0.2, 0.25) is 0 Å². The Bertz CT molecular complexity index is 682. The zero-order valence-corrected chi connectivity index (χ0v) is 17.0. The molecular formula is C22H32N2O4. The highest BCUT2D eigenvalue weighted by atomic mass is 16.6. The van der Waals surface area contributed by atoms with Crippen molar-refractivity contribution in [1.82, 2.24) is 10.6 Å². The van der Waals surface area contributed by atoms with E-state index in [0.717, 1.165) is 43.3 Å². The van der Waals surface area contributed by atoms with Crippen molar-refractivity contribution >= 4 is 12.2 Å². The summed E-state index contributed by atoms with van der Waals surface area (Å²) in [5.41, 5.74) is 1.01. The highest BCUT2D eigenvalue weighted by Crippen LogP contribution is 2.48. The van der Waals surface area contributed by atoms with Crippen LogP contribution in [0.25, 0.3) is 0 Å². The molecular weight excluding hydrogens is 356 g/mol. The molecule has 2 bridgehead atoms. The quantitative estimate of drug-likeness (QED) is 0.598. The predicted molar refractivity (Wildman–Crippen MR) is 110 cm³/mol. The molecule has 0 aromatic carbocycles. The lowest BCUT2D eigenvalue weighted by Gasteiger charge is -2.39. The van der Waals surface area contributed by atoms with Crippen LogP contribution in [0, 0.1) is 0 Å². The molecule has 2 unspecified atom stereocenters. The summed E-state index contributed by atoms with van der Waals surface area (Å²) in [6, 6.07) is 0. The Labute approximate surface area is 167 Å². The molecule has 2 N–H and O–H groups in total. The molecule has 0 spiro atoms. The Kier molecular flexibility index (Phi) is 7.49. The molecule has 0 aromatic rings. The number of alkyl carbamates (subject to hydrolysis) is 2. The van der Waals surface area contributed by atoms with Crippen molar-refractivity contribution in [3.63, 3.8) is 0 Å². The first-order valence-corrected chi connectivity index (χ1v) is 9.81. The number of carbonyl (C=O) groups excluding carboxylic acids is 2. The van der Waals surface area contributed by atoms with Gasteiger partial charge in [-0.05, 0) is 63.5 Å². The molecule has 6 nitrogen and oxygen atoms in total. The van der Waals surface area contributed by atoms with Gasteiger partial charge in [0.1, 0.15) is 13.2 Å². The number of hydrogen-bond donors (Lipinski definition) is 2. The van der Waals surface area contributed by atoms with E-state index in [-0.39, 0.29) is 24.3 Å². The molecule has 2 atom stereocenters. The summed E-state index contributed by atoms with van der Waals surface area (Å²) >= 11 is 0. The molecule has 2 saturated carbocycles. The van der Waals surface area contributed by atoms with Gasteiger partial charge in [-0.1, -0.05) is 37.5 Å². The first-order valence-electron chi connectivity index (χ1n) is 9.81. The normalized spacial score (nSPS) is 26.6. The summed E-state index contributed by atoms with van der Waals surface area (Å²) in [6.07, 6.45) is 11.3. The summed E-state index contributed by atoms with van der Waals surface area (Å²) < 4.78 is 10.6. The molecule has 2 rings (SSSR count). The van der Waals surface area contributed by atoms with E-state index in [4.69, 9.17) is 9.47 Å². The second-order valence-corrected chi connectivity index (χ2v) is 7.90. The first kappa shape index (κ1) is 21.8. The van der Waals surface area contributed by atoms with Crippen molar-refractivity contribution in [1.29, 1.82) is 0 Å². The Morgan fingerprint density at radius 1 is 1.04 bits per heavy atom. The van der Waals surface area contributed by atoms with Gasteiger partial charge in [0.25, 0.3) is 0 Å². The van der Waals surface area contributed by atoms with Crippen molar-refractivity contribution < 1.29 is 19.1 Å². The van der Waals surface area contributed by atoms with E-state index in [1.807, 2.05) is 32.1 Å². The van der Waals surface area contributed by atoms with Crippen LogP contribution in [0.3, 0.4) is 0 Å². The highest BCUT2D eigenvalue weighted by molar-refractivity contribution is 5.70. The van der Waals surface area contributed by atoms with E-state index in [0.29, 0.717) is 6.42 Å². The van der Waals surface area contributed by atoms with Crippen LogP contribution in [0.5, 0.6) is 0 Å². The molecule has 2 aliphatic rings. The molecule has 0 radical (unpaired) electrons. The van der Waals surface area contributed by atoms with Crippen LogP contribution >= 0.6 is 0 Å². The van der Waals surface area contributed by atoms with Gasteiger partial charge in [-0.3, -0.25) is 0 Å². The summed E-state index contributed by atoms with van der Waals surface area (Å²) in [6.45, 7) is 11.6. The van der Waals surface area contributed by atoms with Crippen molar-refractivity contribution in [2.24, 2.45) is 0 Å². The van der Waals surface area contributed by atoms with Crippen LogP contribution in [0.15, 0.2) is 48.6 Å². The third-order valence-corrected chi connectivity index (χ3v) is 5.43. The van der Waals surface area contributed by atoms with Gasteiger partial charge in [-0.25, -0.2) is 9.59 Å². The minimum Gasteiger partial charge on any atom is -0.445 e. The number of allylic oxidation sites excluding steroid dienone is 3. The molecule has 154 valence electrons. The number of fused-ring (bicyclic) bond motifs is 2. The average molecular weight is 389 g/mol. The third kappa shape index (κ3) is 6.01. The van der Waals surface area contributed by atoms with Crippen LogP contribution in [-0.2, 0) is 9.47 Å². The number of rotatable bonds is 8. The van der Waals surface area contributed by atoms with Gasteiger partial charge in [0.05, 0.1) is 0 Å². The first-order chi connectivity index (χ1) is 13.3. The maximum Gasteiger partial charge on any atom is 0.407 e. The Morgan fingerprint density at radius 2 is 1.61 bits per heavy atom. The fourth-order valence-corrected chi connectivity index (χ4v) is 4.21. The van der Waals surface area contributed by atoms with E-state index < -0.39 is 12.2 Å². The van der Waals surface area contributed by atoms with Gasteiger partial charge in [0.2, 0.25) is 0 Å². The molecule has 0 heterocycles. The van der Waals surface area contributed by atoms with Crippen LogP contribution < -0.4 is 10.6 Å². The van der Waals surface area contributed by atoms with Gasteiger partial charge >= 0.3 is 12.2 Å². The Hall–Kier alpha value is -2.50. The van der Waals surface area contributed by atoms with Crippen LogP contribution in [0.1, 0.15) is 52.4 Å². The third-order valence-electron chi connectivity index (χ3n) is 5.43. The summed E-state index contributed by atoms with van der Waals surface area (Å²) in [5.74, 6) is 0. The maximum atomic E-state index is 12.3. The van der Waals surface area contributed by atoms with E-state index >= 15 is 0 Å². The zero-order chi connectivity index (χ0) is 20.6. The van der Waals surface area contributed by atoms with E-state index in [1.54, 1.807) is 6.08 Å². The fourth-order valence-electron chi connectivity index (χ4n) is 4.21. The maximum absolute atomic E-state index is 12.3. The molecule has 0 saturated heterocycles. The summed E-state index contributed by atoms with van der Waals surface area (Å²) in [7, 11) is 0. The second kappa shape index (κ2) is 9.62. The molecule has 0 aromatic heterocycles. The van der Waals surface area contributed by atoms with Crippen molar-refractivity contribution in [2.45, 2.75) is 63.5 Å². The lowest BCUT2D eigenvalue weighted by Crippen LogP contribution is -2.55. The SMILES string of the molecule is C=C/C=C(\C)COC(=O)NC12CCCC(NC(=O)OCC(=C)/C=C\C)(CC1)C2. The lowest BCUT2D eigenvalue weighted by atomic mass is 9.78. The van der Waals surface area contributed by atoms with Gasteiger partial charge in [-0.15, -0.1) is 0 Å². The summed E-state index contributed by atoms with van der Waals surface area (Å²) in [5, 5.41) is 6.10. The molecule has 2 amide bonds. The van der Waals surface area contributed by atoms with Crippen molar-refractivity contribution in [3.8, 4) is 0 Å². The van der Waals surface area contributed by atoms with Crippen molar-refractivity contribution in [3.05, 3.63) is 48.6 Å². The number of hydrogen-bond acceptors (Lipinski definition) is 4. The van der Waals surface area contributed by atoms with Gasteiger partial charge in [0.15, 0.2) is 0 Å². The fraction of sp³-hybridized carbons (Fsp3) is 0.545. The van der Waals surface area contributed by atoms with Crippen LogP contribution in [-0.4, -0.2) is 36.5 Å². The average Bonchev–Trinajstić information content (AvgIpc) is 2.88. The largest absolute Gasteiger partial charge is 0.445 e. The van der Waals surface area contributed by atoms with E-state index in [1.165, 1.54) is 0 Å². The van der Waals surface area contributed by atoms with Gasteiger partial charge in [0, 0.05) is 11.1 Å². The monoisotopic (exact) mass is 388 g/mol. The smallest absolute Gasteiger partial charge is 0.407 e. The second-order valence-electron chi connectivity index (χ2n) is 7.90. The molecule has 28 heavy (non-hydrogen) atoms. The topological polar surface area (TPSA) is 76.7 Å². The molecule has 2 aliphatic carbocycles. The van der Waals surface area contributed by atoms with Crippen LogP contribution in [0.4, 0.5) is 9.59 Å². The van der Waals surface area contributed by atoms with E-state index in [2.05, 4.69) is 23.8 Å². The molecule has 6 heteroatoms. The molecule has 2 fully saturated rings. The number of ether oxygens (including phenoxy) is 2. The number of carbonyl (C=O) groups is 2. The van der Waals surface area contributed by atoms with Gasteiger partial charge < -0.3 is 20.1 Å². The minimum absolute atomic E-state index is 0.166. The Morgan fingerprint density at radius 3 is 2.14 bits per heavy atom. The standard InChI is InChI=1S/C22H32N2O4/c1-5-8-17(3)14-27-19(25)23-21-10-7-11-22(16-21,13-12-21)24-20(26)28-15-18(4)9-6-2/h5-6,8-9H,1,4,7,10-16H2,2-3H3,(H,23,25)(H,24,26)/b9-6-,17-8+. The van der Waals surface area contributed by atoms with Gasteiger partial charge in [-0.2, -0.15) is 0 Å². The Balaban J connectivity index is 1.88. The number of amides is 2. The van der Waals surface area contributed by atoms with E-state index in [9.17, 15) is 9.59 Å².